The summed E-state index contributed by atoms with van der Waals surface area (Å²) in [4.78, 5) is 0. The maximum absolute atomic E-state index is 11.4. The molecule has 1 aliphatic heterocycles. The van der Waals surface area contributed by atoms with Gasteiger partial charge in [0.05, 0.1) is 0 Å². The van der Waals surface area contributed by atoms with Crippen LogP contribution in [0.3, 0.4) is 0 Å². The zero-order valence-electron chi connectivity index (χ0n) is 8.54. The molecule has 0 aromatic heterocycles. The van der Waals surface area contributed by atoms with Crippen molar-refractivity contribution in [3.63, 3.8) is 0 Å². The SMILES string of the molecule is CCCNS(=O)(=O)N[C@H]1CCCNC1. The highest BCUT2D eigenvalue weighted by molar-refractivity contribution is 7.87. The van der Waals surface area contributed by atoms with E-state index >= 15 is 0 Å². The van der Waals surface area contributed by atoms with E-state index < -0.39 is 10.2 Å². The minimum absolute atomic E-state index is 0.0399. The second-order valence-corrected chi connectivity index (χ2v) is 5.09. The van der Waals surface area contributed by atoms with Crippen molar-refractivity contribution in [2.75, 3.05) is 19.6 Å². The molecule has 0 amide bonds. The smallest absolute Gasteiger partial charge is 0.277 e. The Hall–Kier alpha value is -0.170. The summed E-state index contributed by atoms with van der Waals surface area (Å²) in [7, 11) is -3.28. The zero-order valence-corrected chi connectivity index (χ0v) is 9.36. The maximum Gasteiger partial charge on any atom is 0.277 e. The Balaban J connectivity index is 2.33. The highest BCUT2D eigenvalue weighted by Gasteiger charge is 2.18. The highest BCUT2D eigenvalue weighted by Crippen LogP contribution is 2.01. The van der Waals surface area contributed by atoms with Gasteiger partial charge in [-0.15, -0.1) is 0 Å². The van der Waals surface area contributed by atoms with E-state index in [9.17, 15) is 8.42 Å². The molecule has 1 atom stereocenters. The standard InChI is InChI=1S/C8H19N3O2S/c1-2-5-10-14(12,13)11-8-4-3-6-9-7-8/h8-11H,2-7H2,1H3/t8-/m0/s1. The number of rotatable bonds is 5. The minimum Gasteiger partial charge on any atom is -0.315 e. The van der Waals surface area contributed by atoms with E-state index in [1.807, 2.05) is 6.92 Å². The lowest BCUT2D eigenvalue weighted by molar-refractivity contribution is 0.426. The molecule has 1 saturated heterocycles. The molecule has 0 unspecified atom stereocenters. The molecule has 0 aliphatic carbocycles. The van der Waals surface area contributed by atoms with Gasteiger partial charge < -0.3 is 5.32 Å². The average molecular weight is 221 g/mol. The molecule has 0 spiro atoms. The van der Waals surface area contributed by atoms with Gasteiger partial charge in [0, 0.05) is 19.1 Å². The molecule has 0 aromatic carbocycles. The molecular weight excluding hydrogens is 202 g/mol. The summed E-state index contributed by atoms with van der Waals surface area (Å²) in [6.45, 7) is 4.15. The third-order valence-corrected chi connectivity index (χ3v) is 3.39. The van der Waals surface area contributed by atoms with E-state index in [1.165, 1.54) is 0 Å². The molecule has 0 saturated carbocycles. The Bertz CT molecular complexity index is 247. The molecule has 1 rings (SSSR count). The first-order valence-corrected chi connectivity index (χ1v) is 6.60. The van der Waals surface area contributed by atoms with E-state index in [0.717, 1.165) is 32.4 Å². The quantitative estimate of drug-likeness (QED) is 0.590. The van der Waals surface area contributed by atoms with Gasteiger partial charge in [0.2, 0.25) is 0 Å². The van der Waals surface area contributed by atoms with Gasteiger partial charge >= 0.3 is 0 Å². The fourth-order valence-electron chi connectivity index (χ4n) is 1.45. The van der Waals surface area contributed by atoms with Crippen molar-refractivity contribution in [2.45, 2.75) is 32.2 Å². The van der Waals surface area contributed by atoms with Gasteiger partial charge in [0.25, 0.3) is 10.2 Å². The Labute approximate surface area is 85.8 Å². The summed E-state index contributed by atoms with van der Waals surface area (Å²) >= 11 is 0. The predicted octanol–water partition coefficient (Wildman–Crippen LogP) is -0.428. The van der Waals surface area contributed by atoms with Crippen LogP contribution in [0.25, 0.3) is 0 Å². The largest absolute Gasteiger partial charge is 0.315 e. The Morgan fingerprint density at radius 1 is 1.50 bits per heavy atom. The molecule has 0 bridgehead atoms. The number of hydrogen-bond donors (Lipinski definition) is 3. The summed E-state index contributed by atoms with van der Waals surface area (Å²) in [5.41, 5.74) is 0. The van der Waals surface area contributed by atoms with Crippen molar-refractivity contribution >= 4 is 10.2 Å². The molecule has 0 radical (unpaired) electrons. The summed E-state index contributed by atoms with van der Waals surface area (Å²) in [5, 5.41) is 3.16. The van der Waals surface area contributed by atoms with Crippen LogP contribution in [0.1, 0.15) is 26.2 Å². The van der Waals surface area contributed by atoms with Gasteiger partial charge in [-0.2, -0.15) is 13.1 Å². The summed E-state index contributed by atoms with van der Waals surface area (Å²) in [6, 6.07) is 0.0399. The average Bonchev–Trinajstić information content (AvgIpc) is 2.16. The van der Waals surface area contributed by atoms with Crippen LogP contribution in [0.2, 0.25) is 0 Å². The summed E-state index contributed by atoms with van der Waals surface area (Å²) in [6.07, 6.45) is 2.75. The molecule has 3 N–H and O–H groups in total. The van der Waals surface area contributed by atoms with Crippen molar-refractivity contribution < 1.29 is 8.42 Å². The van der Waals surface area contributed by atoms with Crippen LogP contribution in [0.4, 0.5) is 0 Å². The van der Waals surface area contributed by atoms with E-state index in [0.29, 0.717) is 6.54 Å². The normalized spacial score (nSPS) is 23.6. The molecule has 1 heterocycles. The lowest BCUT2D eigenvalue weighted by atomic mass is 10.1. The van der Waals surface area contributed by atoms with Gasteiger partial charge in [-0.25, -0.2) is 4.72 Å². The van der Waals surface area contributed by atoms with Crippen molar-refractivity contribution in [3.8, 4) is 0 Å². The Morgan fingerprint density at radius 2 is 2.29 bits per heavy atom. The van der Waals surface area contributed by atoms with Crippen LogP contribution >= 0.6 is 0 Å². The highest BCUT2D eigenvalue weighted by atomic mass is 32.2. The van der Waals surface area contributed by atoms with Crippen LogP contribution in [0.15, 0.2) is 0 Å². The number of hydrogen-bond acceptors (Lipinski definition) is 3. The monoisotopic (exact) mass is 221 g/mol. The van der Waals surface area contributed by atoms with Crippen molar-refractivity contribution in [3.05, 3.63) is 0 Å². The van der Waals surface area contributed by atoms with E-state index in [4.69, 9.17) is 0 Å². The van der Waals surface area contributed by atoms with Crippen molar-refractivity contribution in [2.24, 2.45) is 0 Å². The third-order valence-electron chi connectivity index (χ3n) is 2.16. The molecule has 0 aromatic rings. The fraction of sp³-hybridized carbons (Fsp3) is 1.00. The van der Waals surface area contributed by atoms with Crippen LogP contribution in [0.5, 0.6) is 0 Å². The second kappa shape index (κ2) is 5.65. The van der Waals surface area contributed by atoms with E-state index in [2.05, 4.69) is 14.8 Å². The van der Waals surface area contributed by atoms with Crippen LogP contribution in [0, 0.1) is 0 Å². The minimum atomic E-state index is -3.28. The van der Waals surface area contributed by atoms with Gasteiger partial charge in [0.15, 0.2) is 0 Å². The van der Waals surface area contributed by atoms with E-state index in [-0.39, 0.29) is 6.04 Å². The maximum atomic E-state index is 11.4. The van der Waals surface area contributed by atoms with Crippen molar-refractivity contribution in [1.29, 1.82) is 0 Å². The number of piperidine rings is 1. The fourth-order valence-corrected chi connectivity index (χ4v) is 2.65. The first kappa shape index (κ1) is 11.9. The predicted molar refractivity (Wildman–Crippen MR) is 56.2 cm³/mol. The van der Waals surface area contributed by atoms with Gasteiger partial charge in [0.1, 0.15) is 0 Å². The Morgan fingerprint density at radius 3 is 2.86 bits per heavy atom. The lowest BCUT2D eigenvalue weighted by Gasteiger charge is -2.23. The van der Waals surface area contributed by atoms with E-state index in [1.54, 1.807) is 0 Å². The topological polar surface area (TPSA) is 70.2 Å². The first-order chi connectivity index (χ1) is 6.64. The lowest BCUT2D eigenvalue weighted by Crippen LogP contribution is -2.49. The van der Waals surface area contributed by atoms with Crippen molar-refractivity contribution in [1.82, 2.24) is 14.8 Å². The van der Waals surface area contributed by atoms with Gasteiger partial charge in [-0.3, -0.25) is 0 Å². The van der Waals surface area contributed by atoms with Gasteiger partial charge in [-0.1, -0.05) is 6.92 Å². The first-order valence-electron chi connectivity index (χ1n) is 5.11. The summed E-state index contributed by atoms with van der Waals surface area (Å²) < 4.78 is 27.9. The molecule has 1 fully saturated rings. The molecule has 1 aliphatic rings. The van der Waals surface area contributed by atoms with Crippen LogP contribution in [-0.2, 0) is 10.2 Å². The molecule has 14 heavy (non-hydrogen) atoms. The van der Waals surface area contributed by atoms with Crippen LogP contribution in [-0.4, -0.2) is 34.1 Å². The molecule has 6 heteroatoms. The van der Waals surface area contributed by atoms with Gasteiger partial charge in [-0.05, 0) is 25.8 Å². The van der Waals surface area contributed by atoms with Crippen LogP contribution < -0.4 is 14.8 Å². The molecule has 84 valence electrons. The Kier molecular flexibility index (Phi) is 4.80. The summed E-state index contributed by atoms with van der Waals surface area (Å²) in [5.74, 6) is 0. The molecular formula is C8H19N3O2S. The number of nitrogens with one attached hydrogen (secondary N) is 3. The zero-order chi connectivity index (χ0) is 10.4. The third kappa shape index (κ3) is 4.36. The molecule has 5 nitrogen and oxygen atoms in total. The second-order valence-electron chi connectivity index (χ2n) is 3.56.